The van der Waals surface area contributed by atoms with Crippen molar-refractivity contribution in [2.45, 2.75) is 119 Å². The van der Waals surface area contributed by atoms with E-state index in [0.29, 0.717) is 63.7 Å². The summed E-state index contributed by atoms with van der Waals surface area (Å²) in [5.41, 5.74) is 10.2. The van der Waals surface area contributed by atoms with Gasteiger partial charge in [0.2, 0.25) is 12.3 Å². The Bertz CT molecular complexity index is 896. The van der Waals surface area contributed by atoms with Gasteiger partial charge in [0.05, 0.1) is 6.61 Å². The number of nitrogens with zero attached hydrogens (tertiary/aromatic N) is 1. The topological polar surface area (TPSA) is 280 Å². The predicted octanol–water partition coefficient (Wildman–Crippen LogP) is 0.951. The fraction of sp³-hybridized carbons (Fsp3) is 0.794. The summed E-state index contributed by atoms with van der Waals surface area (Å²) in [6.45, 7) is 23.4. The minimum absolute atomic E-state index is 0.0941. The number of aldehydes is 1. The van der Waals surface area contributed by atoms with Crippen LogP contribution in [0.1, 0.15) is 94.9 Å². The van der Waals surface area contributed by atoms with Crippen molar-refractivity contribution in [2.24, 2.45) is 34.2 Å². The van der Waals surface area contributed by atoms with E-state index in [0.717, 1.165) is 32.3 Å². The number of aliphatic imine (C=N–C) groups is 1. The molecular weight excluding hydrogens is 666 g/mol. The smallest absolute Gasteiger partial charge is 0.290 e. The molecule has 0 aliphatic carbocycles. The third kappa shape index (κ3) is 46.2. The van der Waals surface area contributed by atoms with Crippen LogP contribution in [-0.2, 0) is 38.2 Å². The van der Waals surface area contributed by atoms with Crippen LogP contribution in [-0.4, -0.2) is 117 Å². The number of likely N-dealkylation sites (N-methyl/N-ethyl adjacent to an activating group) is 1. The Kier molecular flexibility index (Phi) is 45.0. The largest absolute Gasteiger partial charge is 0.483 e. The molecular formula is C34H71N7O10. The van der Waals surface area contributed by atoms with E-state index in [-0.39, 0.29) is 36.3 Å². The summed E-state index contributed by atoms with van der Waals surface area (Å²) >= 11 is 0. The minimum Gasteiger partial charge on any atom is -0.483 e. The van der Waals surface area contributed by atoms with E-state index in [2.05, 4.69) is 60.9 Å². The fourth-order valence-corrected chi connectivity index (χ4v) is 3.09. The fourth-order valence-electron chi connectivity index (χ4n) is 3.09. The molecule has 0 spiro atoms. The number of aliphatic hydroxyl groups is 1. The van der Waals surface area contributed by atoms with Gasteiger partial charge >= 0.3 is 0 Å². The molecule has 4 atom stereocenters. The zero-order valence-electron chi connectivity index (χ0n) is 32.9. The Labute approximate surface area is 305 Å². The number of hydrogen-bond donors (Lipinski definition) is 8. The van der Waals surface area contributed by atoms with E-state index in [1.807, 2.05) is 34.6 Å². The number of epoxide rings is 2. The van der Waals surface area contributed by atoms with Crippen molar-refractivity contribution in [2.75, 3.05) is 39.9 Å². The monoisotopic (exact) mass is 738 g/mol. The molecule has 0 aromatic heterocycles. The molecule has 10 N–H and O–H groups in total. The molecule has 0 saturated carbocycles. The van der Waals surface area contributed by atoms with Crippen LogP contribution >= 0.6 is 0 Å². The zero-order chi connectivity index (χ0) is 40.8. The number of aliphatic hydroxyl groups excluding tert-OH is 1. The number of nitrogens with two attached hydrogens (primary N) is 2. The molecule has 2 aliphatic rings. The number of unbranched alkanes of at least 4 members (excludes halogenated alkanes) is 1. The van der Waals surface area contributed by atoms with Crippen molar-refractivity contribution >= 4 is 42.8 Å². The highest BCUT2D eigenvalue weighted by Crippen LogP contribution is 2.19. The summed E-state index contributed by atoms with van der Waals surface area (Å²) in [7, 11) is 1.00. The summed E-state index contributed by atoms with van der Waals surface area (Å²) in [5.74, 6) is 1.39. The van der Waals surface area contributed by atoms with Gasteiger partial charge in [0.25, 0.3) is 18.3 Å². The maximum atomic E-state index is 12.1. The number of nitrogens with one attached hydrogen (secondary N) is 4. The van der Waals surface area contributed by atoms with Gasteiger partial charge in [-0.25, -0.2) is 0 Å². The minimum atomic E-state index is -0.516. The Morgan fingerprint density at radius 2 is 1.43 bits per heavy atom. The lowest BCUT2D eigenvalue weighted by Gasteiger charge is -2.20. The third-order valence-electron chi connectivity index (χ3n) is 5.36. The average Bonchev–Trinajstić information content (AvgIpc) is 3.99. The zero-order valence-corrected chi connectivity index (χ0v) is 32.9. The molecule has 3 unspecified atom stereocenters. The lowest BCUT2D eigenvalue weighted by molar-refractivity contribution is -0.130. The van der Waals surface area contributed by atoms with Crippen molar-refractivity contribution in [3.05, 3.63) is 0 Å². The molecule has 17 heteroatoms. The lowest BCUT2D eigenvalue weighted by Crippen LogP contribution is -2.49. The standard InChI is InChI=1S/C14H26N2O3.C6H14N4O.C6H9NO3.C4H10.C2H6.CH2O2.CH4O/c1-9(2)5-6-15-13(17)11(7-10(3)4)16-14(18)12-8-19-12;7-6(8)10-4-2-1-3-9-5-11;1-2-7-6(9)5-4(3-8)10-5;1-4(2)3;1-2;2-1-3;1-2/h9-12H,5-8H2,1-4H3,(H,15,17)(H,16,18);5H,1-4H2,(H,9,11)(H4,7,8,10);3-5H,2H2,1H3,(H,7,9);4H,1-3H3;1-2H3;1H,(H,2,3);2H,1H3/t;;4?,5-;;;;/m..0..../s1. The van der Waals surface area contributed by atoms with Crippen LogP contribution < -0.4 is 32.7 Å². The number of rotatable bonds is 17. The Morgan fingerprint density at radius 3 is 1.80 bits per heavy atom. The van der Waals surface area contributed by atoms with Crippen molar-refractivity contribution < 1.29 is 48.5 Å². The summed E-state index contributed by atoms with van der Waals surface area (Å²) in [5, 5.41) is 24.6. The van der Waals surface area contributed by atoms with Crippen molar-refractivity contribution in [3.63, 3.8) is 0 Å². The van der Waals surface area contributed by atoms with Gasteiger partial charge in [-0.05, 0) is 50.4 Å². The van der Waals surface area contributed by atoms with Gasteiger partial charge in [-0.1, -0.05) is 62.3 Å². The normalized spacial score (nSPS) is 16.0. The second-order valence-corrected chi connectivity index (χ2v) is 12.0. The van der Waals surface area contributed by atoms with Gasteiger partial charge in [0.15, 0.2) is 24.5 Å². The first-order valence-electron chi connectivity index (χ1n) is 17.4. The van der Waals surface area contributed by atoms with Crippen LogP contribution in [0.4, 0.5) is 0 Å². The summed E-state index contributed by atoms with van der Waals surface area (Å²) < 4.78 is 9.63. The van der Waals surface area contributed by atoms with Gasteiger partial charge in [-0.2, -0.15) is 0 Å². The molecule has 2 heterocycles. The Morgan fingerprint density at radius 1 is 0.902 bits per heavy atom. The molecule has 0 radical (unpaired) electrons. The highest BCUT2D eigenvalue weighted by atomic mass is 16.6. The average molecular weight is 738 g/mol. The summed E-state index contributed by atoms with van der Waals surface area (Å²) in [6, 6.07) is -0.455. The molecule has 0 bridgehead atoms. The molecule has 0 aromatic rings. The Balaban J connectivity index is -0.000000189. The van der Waals surface area contributed by atoms with Crippen LogP contribution in [0, 0.1) is 17.8 Å². The highest BCUT2D eigenvalue weighted by molar-refractivity contribution is 5.90. The first-order valence-corrected chi connectivity index (χ1v) is 17.4. The van der Waals surface area contributed by atoms with Crippen LogP contribution in [0.5, 0.6) is 0 Å². The second-order valence-electron chi connectivity index (χ2n) is 12.0. The first kappa shape index (κ1) is 56.5. The third-order valence-corrected chi connectivity index (χ3v) is 5.36. The molecule has 302 valence electrons. The van der Waals surface area contributed by atoms with Gasteiger partial charge in [0.1, 0.15) is 12.1 Å². The van der Waals surface area contributed by atoms with Gasteiger partial charge in [0, 0.05) is 33.3 Å². The van der Waals surface area contributed by atoms with E-state index in [9.17, 15) is 24.0 Å². The lowest BCUT2D eigenvalue weighted by atomic mass is 10.0. The van der Waals surface area contributed by atoms with Crippen molar-refractivity contribution in [1.29, 1.82) is 0 Å². The molecule has 51 heavy (non-hydrogen) atoms. The maximum absolute atomic E-state index is 12.1. The molecule has 17 nitrogen and oxygen atoms in total. The predicted molar refractivity (Wildman–Crippen MR) is 200 cm³/mol. The van der Waals surface area contributed by atoms with E-state index in [1.165, 1.54) is 0 Å². The van der Waals surface area contributed by atoms with E-state index < -0.39 is 18.2 Å². The number of amides is 4. The van der Waals surface area contributed by atoms with E-state index >= 15 is 0 Å². The van der Waals surface area contributed by atoms with Crippen LogP contribution in [0.2, 0.25) is 0 Å². The molecule has 2 rings (SSSR count). The van der Waals surface area contributed by atoms with E-state index in [1.54, 1.807) is 0 Å². The number of carboxylic acid groups (broad SMARTS) is 1. The van der Waals surface area contributed by atoms with Gasteiger partial charge < -0.3 is 57.2 Å². The van der Waals surface area contributed by atoms with Crippen LogP contribution in [0.25, 0.3) is 0 Å². The molecule has 2 aliphatic heterocycles. The molecule has 2 saturated heterocycles. The van der Waals surface area contributed by atoms with Crippen LogP contribution in [0.3, 0.4) is 0 Å². The number of hydrogen-bond acceptors (Lipinski definition) is 10. The summed E-state index contributed by atoms with van der Waals surface area (Å²) in [6.07, 6.45) is 3.34. The Hall–Kier alpha value is -3.83. The molecule has 2 fully saturated rings. The molecule has 4 amide bonds. The second kappa shape index (κ2) is 40.6. The van der Waals surface area contributed by atoms with Crippen LogP contribution in [0.15, 0.2) is 4.99 Å². The number of carbonyl (C=O) groups excluding carboxylic acids is 5. The van der Waals surface area contributed by atoms with Gasteiger partial charge in [-0.3, -0.25) is 29.0 Å². The van der Waals surface area contributed by atoms with E-state index in [4.69, 9.17) is 35.9 Å². The number of carbonyl (C=O) groups is 6. The first-order chi connectivity index (χ1) is 24.1. The number of ether oxygens (including phenoxy) is 2. The molecule has 0 aromatic carbocycles. The number of guanidine groups is 1. The van der Waals surface area contributed by atoms with Crippen molar-refractivity contribution in [3.8, 4) is 0 Å². The van der Waals surface area contributed by atoms with Gasteiger partial charge in [-0.15, -0.1) is 0 Å². The highest BCUT2D eigenvalue weighted by Gasteiger charge is 2.44. The quantitative estimate of drug-likeness (QED) is 0.0341. The maximum Gasteiger partial charge on any atom is 0.290 e. The summed E-state index contributed by atoms with van der Waals surface area (Å²) in [4.78, 5) is 66.4. The SMILES string of the molecule is CC.CC(C)C.CC(C)CCNC(=O)C(CC(C)C)NC(=O)C1CO1.CCNC(=O)[C@H]1OC1C=O.CO.NC(N)=NCCCCNC=O.O=CO. The van der Waals surface area contributed by atoms with Crippen molar-refractivity contribution in [1.82, 2.24) is 21.3 Å².